The molecule has 2 rings (SSSR count). The van der Waals surface area contributed by atoms with Gasteiger partial charge in [-0.1, -0.05) is 12.8 Å². The molecule has 5 heteroatoms. The van der Waals surface area contributed by atoms with Crippen LogP contribution in [-0.4, -0.2) is 48.8 Å². The Morgan fingerprint density at radius 2 is 1.81 bits per heavy atom. The average Bonchev–Trinajstić information content (AvgIpc) is 2.63. The number of hydrogen-bond acceptors (Lipinski definition) is 3. The lowest BCUT2D eigenvalue weighted by atomic mass is 9.96. The van der Waals surface area contributed by atoms with Crippen LogP contribution in [0.5, 0.6) is 0 Å². The van der Waals surface area contributed by atoms with E-state index in [4.69, 9.17) is 0 Å². The van der Waals surface area contributed by atoms with E-state index in [0.717, 1.165) is 25.6 Å². The second kappa shape index (κ2) is 7.72. The molecule has 98 valence electrons. The molecule has 0 aromatic rings. The minimum atomic E-state index is -0.0592. The van der Waals surface area contributed by atoms with E-state index in [2.05, 4.69) is 17.3 Å². The van der Waals surface area contributed by atoms with Crippen LogP contribution in [0.2, 0.25) is 0 Å². The smallest absolute Gasteiger partial charge is 0.0793 e. The molecular formula is C11H24Cl2N2O. The second-order valence-electron chi connectivity index (χ2n) is 4.81. The Balaban J connectivity index is 0.00000112. The van der Waals surface area contributed by atoms with E-state index in [1.54, 1.807) is 0 Å². The summed E-state index contributed by atoms with van der Waals surface area (Å²) in [4.78, 5) is 2.35. The molecule has 2 fully saturated rings. The lowest BCUT2D eigenvalue weighted by Crippen LogP contribution is -2.55. The molecule has 0 bridgehead atoms. The molecule has 1 atom stereocenters. The fourth-order valence-corrected chi connectivity index (χ4v) is 2.81. The summed E-state index contributed by atoms with van der Waals surface area (Å²) in [5.74, 6) is 0.873. The predicted molar refractivity (Wildman–Crippen MR) is 71.7 cm³/mol. The summed E-state index contributed by atoms with van der Waals surface area (Å²) in [5, 5.41) is 12.6. The largest absolute Gasteiger partial charge is 0.390 e. The zero-order valence-electron chi connectivity index (χ0n) is 9.89. The standard InChI is InChI=1S/C11H22N2O.2ClH/c1-12-11(9-4-2-3-5-9)8-13-6-10(14)7-13;;/h9-12,14H,2-8H2,1H3;2*1H. The zero-order chi connectivity index (χ0) is 9.97. The first kappa shape index (κ1) is 16.5. The number of β-amino-alcohol motifs (C(OH)–C–C–N with tert-alkyl or cyclic N) is 1. The van der Waals surface area contributed by atoms with Crippen molar-refractivity contribution in [3.05, 3.63) is 0 Å². The van der Waals surface area contributed by atoms with Gasteiger partial charge in [-0.25, -0.2) is 0 Å². The zero-order valence-corrected chi connectivity index (χ0v) is 11.5. The van der Waals surface area contributed by atoms with E-state index >= 15 is 0 Å². The summed E-state index contributed by atoms with van der Waals surface area (Å²) in [6.07, 6.45) is 5.54. The number of likely N-dealkylation sites (tertiary alicyclic amines) is 1. The van der Waals surface area contributed by atoms with Crippen molar-refractivity contribution in [2.75, 3.05) is 26.7 Å². The molecule has 0 amide bonds. The van der Waals surface area contributed by atoms with Gasteiger partial charge < -0.3 is 10.4 Å². The number of hydrogen-bond donors (Lipinski definition) is 2. The highest BCUT2D eigenvalue weighted by molar-refractivity contribution is 5.85. The Kier molecular flexibility index (Phi) is 7.94. The van der Waals surface area contributed by atoms with Gasteiger partial charge in [-0.05, 0) is 25.8 Å². The van der Waals surface area contributed by atoms with Crippen molar-refractivity contribution >= 4 is 24.8 Å². The van der Waals surface area contributed by atoms with Gasteiger partial charge in [-0.3, -0.25) is 4.90 Å². The first-order chi connectivity index (χ1) is 6.79. The lowest BCUT2D eigenvalue weighted by Gasteiger charge is -2.39. The lowest BCUT2D eigenvalue weighted by molar-refractivity contribution is -0.00603. The molecule has 16 heavy (non-hydrogen) atoms. The van der Waals surface area contributed by atoms with Crippen molar-refractivity contribution in [3.8, 4) is 0 Å². The third-order valence-corrected chi connectivity index (χ3v) is 3.73. The summed E-state index contributed by atoms with van der Waals surface area (Å²) >= 11 is 0. The Labute approximate surface area is 111 Å². The molecule has 1 heterocycles. The van der Waals surface area contributed by atoms with Crippen LogP contribution in [0.4, 0.5) is 0 Å². The molecule has 0 spiro atoms. The minimum Gasteiger partial charge on any atom is -0.390 e. The topological polar surface area (TPSA) is 35.5 Å². The molecule has 1 unspecified atom stereocenters. The molecule has 1 aliphatic carbocycles. The third-order valence-electron chi connectivity index (χ3n) is 3.73. The minimum absolute atomic E-state index is 0. The van der Waals surface area contributed by atoms with E-state index < -0.39 is 0 Å². The summed E-state index contributed by atoms with van der Waals surface area (Å²) < 4.78 is 0. The van der Waals surface area contributed by atoms with E-state index in [0.29, 0.717) is 6.04 Å². The molecule has 1 aliphatic heterocycles. The number of nitrogens with zero attached hydrogens (tertiary/aromatic N) is 1. The molecule has 0 aromatic heterocycles. The summed E-state index contributed by atoms with van der Waals surface area (Å²) in [6, 6.07) is 0.644. The second-order valence-corrected chi connectivity index (χ2v) is 4.81. The Morgan fingerprint density at radius 1 is 1.25 bits per heavy atom. The van der Waals surface area contributed by atoms with E-state index in [1.807, 2.05) is 0 Å². The average molecular weight is 271 g/mol. The van der Waals surface area contributed by atoms with Crippen molar-refractivity contribution in [1.29, 1.82) is 0 Å². The van der Waals surface area contributed by atoms with Gasteiger partial charge in [0.05, 0.1) is 6.10 Å². The summed E-state index contributed by atoms with van der Waals surface area (Å²) in [5.41, 5.74) is 0. The van der Waals surface area contributed by atoms with Crippen LogP contribution in [0.25, 0.3) is 0 Å². The maximum Gasteiger partial charge on any atom is 0.0793 e. The van der Waals surface area contributed by atoms with Gasteiger partial charge >= 0.3 is 0 Å². The van der Waals surface area contributed by atoms with Crippen LogP contribution in [0.1, 0.15) is 25.7 Å². The van der Waals surface area contributed by atoms with Gasteiger partial charge in [-0.15, -0.1) is 24.8 Å². The van der Waals surface area contributed by atoms with Crippen molar-refractivity contribution in [2.45, 2.75) is 37.8 Å². The van der Waals surface area contributed by atoms with Crippen LogP contribution >= 0.6 is 24.8 Å². The molecule has 1 saturated carbocycles. The van der Waals surface area contributed by atoms with Crippen LogP contribution < -0.4 is 5.32 Å². The van der Waals surface area contributed by atoms with E-state index in [1.165, 1.54) is 25.7 Å². The normalized spacial score (nSPS) is 24.4. The molecule has 1 saturated heterocycles. The van der Waals surface area contributed by atoms with Crippen molar-refractivity contribution < 1.29 is 5.11 Å². The summed E-state index contributed by atoms with van der Waals surface area (Å²) in [6.45, 7) is 2.88. The molecule has 0 aromatic carbocycles. The van der Waals surface area contributed by atoms with Gasteiger partial charge in [0.1, 0.15) is 0 Å². The molecular weight excluding hydrogens is 247 g/mol. The maximum atomic E-state index is 9.21. The number of aliphatic hydroxyl groups is 1. The number of halogens is 2. The molecule has 2 aliphatic rings. The van der Waals surface area contributed by atoms with Crippen LogP contribution in [0, 0.1) is 5.92 Å². The monoisotopic (exact) mass is 270 g/mol. The molecule has 0 radical (unpaired) electrons. The number of likely N-dealkylation sites (N-methyl/N-ethyl adjacent to an activating group) is 1. The summed E-state index contributed by atoms with van der Waals surface area (Å²) in [7, 11) is 2.07. The quantitative estimate of drug-likeness (QED) is 0.808. The van der Waals surface area contributed by atoms with Crippen LogP contribution in [0.3, 0.4) is 0 Å². The fraction of sp³-hybridized carbons (Fsp3) is 1.00. The van der Waals surface area contributed by atoms with Crippen molar-refractivity contribution in [2.24, 2.45) is 5.92 Å². The first-order valence-electron chi connectivity index (χ1n) is 5.87. The van der Waals surface area contributed by atoms with Gasteiger partial charge in [0.15, 0.2) is 0 Å². The van der Waals surface area contributed by atoms with Crippen molar-refractivity contribution in [1.82, 2.24) is 10.2 Å². The predicted octanol–water partition coefficient (Wildman–Crippen LogP) is 1.28. The SMILES string of the molecule is CNC(CN1CC(O)C1)C1CCCC1.Cl.Cl. The number of nitrogens with one attached hydrogen (secondary N) is 1. The Hall–Kier alpha value is 0.460. The maximum absolute atomic E-state index is 9.21. The van der Waals surface area contributed by atoms with Gasteiger partial charge in [-0.2, -0.15) is 0 Å². The number of aliphatic hydroxyl groups excluding tert-OH is 1. The first-order valence-corrected chi connectivity index (χ1v) is 5.87. The van der Waals surface area contributed by atoms with E-state index in [9.17, 15) is 5.11 Å². The molecule has 3 nitrogen and oxygen atoms in total. The fourth-order valence-electron chi connectivity index (χ4n) is 2.81. The Bertz CT molecular complexity index is 183. The highest BCUT2D eigenvalue weighted by Gasteiger charge is 2.30. The van der Waals surface area contributed by atoms with Crippen LogP contribution in [-0.2, 0) is 0 Å². The van der Waals surface area contributed by atoms with E-state index in [-0.39, 0.29) is 30.9 Å². The number of rotatable bonds is 4. The Morgan fingerprint density at radius 3 is 2.25 bits per heavy atom. The van der Waals surface area contributed by atoms with Crippen molar-refractivity contribution in [3.63, 3.8) is 0 Å². The van der Waals surface area contributed by atoms with Gasteiger partial charge in [0.2, 0.25) is 0 Å². The third kappa shape index (κ3) is 4.04. The highest BCUT2D eigenvalue weighted by atomic mass is 35.5. The van der Waals surface area contributed by atoms with Gasteiger partial charge in [0, 0.05) is 25.7 Å². The molecule has 2 N–H and O–H groups in total. The highest BCUT2D eigenvalue weighted by Crippen LogP contribution is 2.28. The van der Waals surface area contributed by atoms with Gasteiger partial charge in [0.25, 0.3) is 0 Å². The van der Waals surface area contributed by atoms with Crippen LogP contribution in [0.15, 0.2) is 0 Å².